The van der Waals surface area contributed by atoms with E-state index in [1.807, 2.05) is 62.4 Å². The maximum absolute atomic E-state index is 12.5. The van der Waals surface area contributed by atoms with Crippen molar-refractivity contribution >= 4 is 40.6 Å². The highest BCUT2D eigenvalue weighted by Crippen LogP contribution is 2.23. The van der Waals surface area contributed by atoms with E-state index in [0.29, 0.717) is 5.17 Å². The number of nitrogens with zero attached hydrogens (tertiary/aromatic N) is 2. The van der Waals surface area contributed by atoms with E-state index in [4.69, 9.17) is 0 Å². The molecule has 0 spiro atoms. The zero-order chi connectivity index (χ0) is 19.2. The third-order valence-electron chi connectivity index (χ3n) is 4.09. The van der Waals surface area contributed by atoms with Crippen molar-refractivity contribution in [3.8, 4) is 0 Å². The van der Waals surface area contributed by atoms with Crippen molar-refractivity contribution < 1.29 is 9.59 Å². The van der Waals surface area contributed by atoms with Gasteiger partial charge in [0, 0.05) is 12.1 Å². The smallest absolute Gasteiger partial charge is 0.238 e. The maximum atomic E-state index is 12.5. The molecule has 1 aliphatic rings. The van der Waals surface area contributed by atoms with Gasteiger partial charge in [0.2, 0.25) is 11.8 Å². The standard InChI is InChI=1S/C20H20N4O2S/c1-13-8-9-16(10-14(13)2)22-19(26)17-11-18(25)23-20(27-17)24-21-12-15-6-4-3-5-7-15/h3-10,12,17H,11H2,1-2H3,(H,22,26)(H,23,24,25)/t17-/m0/s1. The largest absolute Gasteiger partial charge is 0.325 e. The van der Waals surface area contributed by atoms with Crippen LogP contribution in [0.3, 0.4) is 0 Å². The normalized spacial score (nSPS) is 18.5. The van der Waals surface area contributed by atoms with Crippen LogP contribution in [-0.2, 0) is 9.59 Å². The molecule has 0 radical (unpaired) electrons. The maximum Gasteiger partial charge on any atom is 0.238 e. The summed E-state index contributed by atoms with van der Waals surface area (Å²) in [5.74, 6) is -0.472. The van der Waals surface area contributed by atoms with Crippen LogP contribution in [0, 0.1) is 13.8 Å². The van der Waals surface area contributed by atoms with Gasteiger partial charge in [-0.05, 0) is 42.7 Å². The molecule has 0 aliphatic carbocycles. The molecule has 7 heteroatoms. The number of aryl methyl sites for hydroxylation is 2. The van der Waals surface area contributed by atoms with Crippen LogP contribution in [0.2, 0.25) is 0 Å². The zero-order valence-corrected chi connectivity index (χ0v) is 15.9. The Kier molecular flexibility index (Phi) is 6.03. The summed E-state index contributed by atoms with van der Waals surface area (Å²) in [6.07, 6.45) is 1.70. The average molecular weight is 380 g/mol. The zero-order valence-electron chi connectivity index (χ0n) is 15.1. The number of hydrogen-bond acceptors (Lipinski definition) is 5. The topological polar surface area (TPSA) is 82.9 Å². The molecule has 138 valence electrons. The summed E-state index contributed by atoms with van der Waals surface area (Å²) in [7, 11) is 0. The first-order valence-electron chi connectivity index (χ1n) is 8.52. The second-order valence-electron chi connectivity index (χ2n) is 6.21. The van der Waals surface area contributed by atoms with Gasteiger partial charge in [-0.2, -0.15) is 5.10 Å². The minimum absolute atomic E-state index is 0.1000. The molecule has 1 saturated heterocycles. The quantitative estimate of drug-likeness (QED) is 0.631. The van der Waals surface area contributed by atoms with E-state index in [-0.39, 0.29) is 18.2 Å². The molecule has 0 unspecified atom stereocenters. The number of amides is 2. The SMILES string of the molecule is Cc1ccc(NC(=O)[C@@H]2CC(=O)N/C(=N\N=Cc3ccccc3)S2)cc1C. The lowest BCUT2D eigenvalue weighted by Crippen LogP contribution is -2.41. The summed E-state index contributed by atoms with van der Waals surface area (Å²) in [4.78, 5) is 24.5. The van der Waals surface area contributed by atoms with Crippen LogP contribution in [0.5, 0.6) is 0 Å². The van der Waals surface area contributed by atoms with Crippen LogP contribution < -0.4 is 10.6 Å². The molecule has 0 bridgehead atoms. The molecule has 1 heterocycles. The number of nitrogens with one attached hydrogen (secondary N) is 2. The van der Waals surface area contributed by atoms with Crippen molar-refractivity contribution in [3.63, 3.8) is 0 Å². The van der Waals surface area contributed by atoms with Crippen LogP contribution in [0.4, 0.5) is 5.69 Å². The fourth-order valence-corrected chi connectivity index (χ4v) is 3.41. The third-order valence-corrected chi connectivity index (χ3v) is 5.17. The molecule has 27 heavy (non-hydrogen) atoms. The summed E-state index contributed by atoms with van der Waals surface area (Å²) < 4.78 is 0. The Morgan fingerprint density at radius 2 is 1.96 bits per heavy atom. The van der Waals surface area contributed by atoms with Gasteiger partial charge in [-0.3, -0.25) is 9.59 Å². The number of rotatable bonds is 4. The van der Waals surface area contributed by atoms with Gasteiger partial charge in [-0.15, -0.1) is 5.10 Å². The van der Waals surface area contributed by atoms with Crippen molar-refractivity contribution in [1.29, 1.82) is 0 Å². The first kappa shape index (κ1) is 18.8. The monoisotopic (exact) mass is 380 g/mol. The Bertz CT molecular complexity index is 909. The molecular weight excluding hydrogens is 360 g/mol. The van der Waals surface area contributed by atoms with Crippen LogP contribution in [0.25, 0.3) is 0 Å². The molecule has 0 saturated carbocycles. The van der Waals surface area contributed by atoms with E-state index in [1.54, 1.807) is 6.21 Å². The average Bonchev–Trinajstić information content (AvgIpc) is 2.65. The van der Waals surface area contributed by atoms with Crippen LogP contribution in [0.15, 0.2) is 58.7 Å². The van der Waals surface area contributed by atoms with E-state index in [9.17, 15) is 9.59 Å². The van der Waals surface area contributed by atoms with Gasteiger partial charge in [0.15, 0.2) is 5.17 Å². The van der Waals surface area contributed by atoms with Crippen LogP contribution in [-0.4, -0.2) is 28.4 Å². The molecule has 1 atom stereocenters. The predicted molar refractivity (Wildman–Crippen MR) is 110 cm³/mol. The molecule has 2 N–H and O–H groups in total. The summed E-state index contributed by atoms with van der Waals surface area (Å²) >= 11 is 1.20. The highest BCUT2D eigenvalue weighted by molar-refractivity contribution is 8.15. The van der Waals surface area contributed by atoms with Gasteiger partial charge in [0.25, 0.3) is 0 Å². The van der Waals surface area contributed by atoms with Crippen LogP contribution >= 0.6 is 11.8 Å². The Labute approximate surface area is 162 Å². The Morgan fingerprint density at radius 3 is 2.70 bits per heavy atom. The number of hydrogen-bond donors (Lipinski definition) is 2. The second-order valence-corrected chi connectivity index (χ2v) is 7.40. The van der Waals surface area contributed by atoms with Crippen molar-refractivity contribution in [3.05, 3.63) is 65.2 Å². The Morgan fingerprint density at radius 1 is 1.19 bits per heavy atom. The number of anilines is 1. The highest BCUT2D eigenvalue weighted by Gasteiger charge is 2.30. The van der Waals surface area contributed by atoms with Gasteiger partial charge in [-0.25, -0.2) is 0 Å². The van der Waals surface area contributed by atoms with E-state index in [1.165, 1.54) is 11.8 Å². The third kappa shape index (κ3) is 5.27. The summed E-state index contributed by atoms with van der Waals surface area (Å²) in [6, 6.07) is 15.2. The second kappa shape index (κ2) is 8.64. The van der Waals surface area contributed by atoms with Crippen molar-refractivity contribution in [2.24, 2.45) is 10.2 Å². The van der Waals surface area contributed by atoms with Gasteiger partial charge < -0.3 is 10.6 Å². The minimum Gasteiger partial charge on any atom is -0.325 e. The molecule has 2 aromatic carbocycles. The molecule has 1 fully saturated rings. The fourth-order valence-electron chi connectivity index (χ4n) is 2.47. The lowest BCUT2D eigenvalue weighted by atomic mass is 10.1. The van der Waals surface area contributed by atoms with Crippen LogP contribution in [0.1, 0.15) is 23.1 Å². The molecule has 6 nitrogen and oxygen atoms in total. The number of carbonyl (C=O) groups excluding carboxylic acids is 2. The number of amidine groups is 1. The molecule has 0 aromatic heterocycles. The Balaban J connectivity index is 1.66. The van der Waals surface area contributed by atoms with E-state index in [2.05, 4.69) is 20.8 Å². The summed E-state index contributed by atoms with van der Waals surface area (Å²) in [5, 5.41) is 13.3. The van der Waals surface area contributed by atoms with Gasteiger partial charge >= 0.3 is 0 Å². The number of carbonyl (C=O) groups is 2. The molecule has 2 amide bonds. The van der Waals surface area contributed by atoms with Gasteiger partial charge in [0.05, 0.1) is 6.21 Å². The van der Waals surface area contributed by atoms with Gasteiger partial charge in [0.1, 0.15) is 5.25 Å². The van der Waals surface area contributed by atoms with Crippen molar-refractivity contribution in [1.82, 2.24) is 5.32 Å². The molecule has 2 aromatic rings. The predicted octanol–water partition coefficient (Wildman–Crippen LogP) is 3.25. The number of benzene rings is 2. The van der Waals surface area contributed by atoms with E-state index in [0.717, 1.165) is 22.4 Å². The van der Waals surface area contributed by atoms with Gasteiger partial charge in [-0.1, -0.05) is 48.2 Å². The van der Waals surface area contributed by atoms with Crippen molar-refractivity contribution in [2.75, 3.05) is 5.32 Å². The first-order valence-corrected chi connectivity index (χ1v) is 9.40. The molecule has 1 aliphatic heterocycles. The van der Waals surface area contributed by atoms with Crippen molar-refractivity contribution in [2.45, 2.75) is 25.5 Å². The van der Waals surface area contributed by atoms with E-state index < -0.39 is 5.25 Å². The Hall–Kier alpha value is -2.93. The lowest BCUT2D eigenvalue weighted by molar-refractivity contribution is -0.123. The van der Waals surface area contributed by atoms with E-state index >= 15 is 0 Å². The summed E-state index contributed by atoms with van der Waals surface area (Å²) in [6.45, 7) is 4.00. The molecular formula is C20H20N4O2S. The summed E-state index contributed by atoms with van der Waals surface area (Å²) in [5.41, 5.74) is 3.87. The lowest BCUT2D eigenvalue weighted by Gasteiger charge is -2.21. The highest BCUT2D eigenvalue weighted by atomic mass is 32.2. The fraction of sp³-hybridized carbons (Fsp3) is 0.200. The molecule has 3 rings (SSSR count). The first-order chi connectivity index (χ1) is 13.0. The minimum atomic E-state index is -0.550. The number of thioether (sulfide) groups is 1.